The molecule has 5 rings (SSSR count). The van der Waals surface area contributed by atoms with Gasteiger partial charge in [0.25, 0.3) is 5.56 Å². The van der Waals surface area contributed by atoms with Gasteiger partial charge in [0, 0.05) is 23.7 Å². The summed E-state index contributed by atoms with van der Waals surface area (Å²) in [5.74, 6) is -0.534. The van der Waals surface area contributed by atoms with Gasteiger partial charge in [-0.15, -0.1) is 0 Å². The van der Waals surface area contributed by atoms with E-state index in [1.54, 1.807) is 12.1 Å². The van der Waals surface area contributed by atoms with Gasteiger partial charge in [0.15, 0.2) is 0 Å². The predicted octanol–water partition coefficient (Wildman–Crippen LogP) is 4.00. The van der Waals surface area contributed by atoms with Crippen LogP contribution < -0.4 is 11.0 Å². The van der Waals surface area contributed by atoms with E-state index in [1.165, 1.54) is 23.8 Å². The summed E-state index contributed by atoms with van der Waals surface area (Å²) in [5, 5.41) is 0.789. The van der Waals surface area contributed by atoms with Gasteiger partial charge in [-0.2, -0.15) is 4.39 Å². The molecule has 0 unspecified atom stereocenters. The molecule has 0 aliphatic heterocycles. The number of nitrogens with zero attached hydrogens (tertiary/aromatic N) is 2. The van der Waals surface area contributed by atoms with Gasteiger partial charge < -0.3 is 4.57 Å². The first-order chi connectivity index (χ1) is 13.1. The minimum absolute atomic E-state index is 0.235. The van der Waals surface area contributed by atoms with Gasteiger partial charge in [0.05, 0.1) is 5.52 Å². The molecule has 1 saturated carbocycles. The third-order valence-corrected chi connectivity index (χ3v) is 6.08. The van der Waals surface area contributed by atoms with Crippen LogP contribution in [0, 0.1) is 5.95 Å². The second-order valence-electron chi connectivity index (χ2n) is 6.85. The van der Waals surface area contributed by atoms with E-state index >= 15 is 0 Å². The van der Waals surface area contributed by atoms with Crippen molar-refractivity contribution in [3.05, 3.63) is 62.6 Å². The van der Waals surface area contributed by atoms with Crippen LogP contribution in [0.1, 0.15) is 31.4 Å². The number of halogens is 1. The van der Waals surface area contributed by atoms with E-state index in [9.17, 15) is 14.0 Å². The number of hydrogen-bond acceptors (Lipinski definition) is 4. The summed E-state index contributed by atoms with van der Waals surface area (Å²) >= 11 is 1.22. The molecule has 0 amide bonds. The highest BCUT2D eigenvalue weighted by atomic mass is 32.1. The Balaban J connectivity index is 1.98. The number of pyridine rings is 2. The van der Waals surface area contributed by atoms with Crippen LogP contribution in [-0.2, 0) is 6.42 Å². The van der Waals surface area contributed by atoms with Crippen molar-refractivity contribution in [2.75, 3.05) is 0 Å². The molecule has 3 aromatic heterocycles. The normalized spacial score (nSPS) is 14.3. The summed E-state index contributed by atoms with van der Waals surface area (Å²) in [6, 6.07) is 7.08. The summed E-state index contributed by atoms with van der Waals surface area (Å²) < 4.78 is 18.6. The van der Waals surface area contributed by atoms with Crippen LogP contribution in [0.4, 0.5) is 4.39 Å². The highest BCUT2D eigenvalue weighted by Gasteiger charge is 2.30. The Morgan fingerprint density at radius 3 is 2.81 bits per heavy atom. The number of hydrogen-bond donors (Lipinski definition) is 1. The van der Waals surface area contributed by atoms with Crippen molar-refractivity contribution in [1.82, 2.24) is 13.9 Å². The van der Waals surface area contributed by atoms with E-state index in [2.05, 4.69) is 13.9 Å². The third kappa shape index (κ3) is 2.38. The van der Waals surface area contributed by atoms with Gasteiger partial charge in [-0.25, -0.2) is 4.98 Å². The van der Waals surface area contributed by atoms with Crippen molar-refractivity contribution in [3.8, 4) is 11.1 Å². The van der Waals surface area contributed by atoms with Crippen LogP contribution >= 0.6 is 11.5 Å². The predicted molar refractivity (Wildman–Crippen MR) is 105 cm³/mol. The molecule has 0 radical (unpaired) electrons. The fraction of sp³-hybridized carbons (Fsp3) is 0.250. The van der Waals surface area contributed by atoms with Crippen molar-refractivity contribution >= 4 is 32.7 Å². The largest absolute Gasteiger partial charge is 0.327 e. The molecular weight excluding hydrogens is 365 g/mol. The Hall–Kier alpha value is -2.80. The maximum atomic E-state index is 13.7. The summed E-state index contributed by atoms with van der Waals surface area (Å²) in [6.45, 7) is 2.03. The van der Waals surface area contributed by atoms with Crippen molar-refractivity contribution in [2.24, 2.45) is 0 Å². The fourth-order valence-electron chi connectivity index (χ4n) is 3.87. The molecular formula is C20H16FN3O2S. The van der Waals surface area contributed by atoms with Crippen LogP contribution in [0.5, 0.6) is 0 Å². The molecule has 7 heteroatoms. The summed E-state index contributed by atoms with van der Waals surface area (Å²) in [6.07, 6.45) is 4.18. The minimum Gasteiger partial charge on any atom is -0.327 e. The quantitative estimate of drug-likeness (QED) is 0.546. The average molecular weight is 381 g/mol. The number of aromatic nitrogens is 3. The molecule has 27 heavy (non-hydrogen) atoms. The van der Waals surface area contributed by atoms with E-state index in [1.807, 2.05) is 13.0 Å². The molecule has 1 N–H and O–H groups in total. The zero-order chi connectivity index (χ0) is 18.7. The van der Waals surface area contributed by atoms with E-state index in [4.69, 9.17) is 0 Å². The molecule has 0 spiro atoms. The van der Waals surface area contributed by atoms with Crippen LogP contribution in [0.25, 0.3) is 32.2 Å². The highest BCUT2D eigenvalue weighted by Crippen LogP contribution is 2.42. The molecule has 0 saturated heterocycles. The van der Waals surface area contributed by atoms with Gasteiger partial charge >= 0.3 is 0 Å². The Labute approximate surface area is 157 Å². The molecule has 1 aliphatic carbocycles. The third-order valence-electron chi connectivity index (χ3n) is 5.20. The number of rotatable bonds is 3. The van der Waals surface area contributed by atoms with Crippen molar-refractivity contribution in [2.45, 2.75) is 32.2 Å². The van der Waals surface area contributed by atoms with E-state index in [0.717, 1.165) is 35.0 Å². The standard InChI is InChI=1S/C20H16FN3O2S/c1-2-12-13(10-7-8-22-15(21)9-10)5-6-14-17(12)24(11-3-4-11)20-16(18(14)25)19(26)23-27-20/h5-9,11H,2-4H2,1H3,(H,23,26). The van der Waals surface area contributed by atoms with E-state index < -0.39 is 5.95 Å². The zero-order valence-electron chi connectivity index (χ0n) is 14.6. The number of benzene rings is 1. The Morgan fingerprint density at radius 2 is 2.11 bits per heavy atom. The molecule has 1 aromatic carbocycles. The monoisotopic (exact) mass is 381 g/mol. The van der Waals surface area contributed by atoms with Crippen molar-refractivity contribution < 1.29 is 4.39 Å². The number of aromatic amines is 1. The molecule has 3 heterocycles. The summed E-state index contributed by atoms with van der Waals surface area (Å²) in [5.41, 5.74) is 2.92. The van der Waals surface area contributed by atoms with Gasteiger partial charge in [0.1, 0.15) is 10.2 Å². The lowest BCUT2D eigenvalue weighted by Crippen LogP contribution is -2.16. The van der Waals surface area contributed by atoms with Crippen molar-refractivity contribution in [1.29, 1.82) is 0 Å². The topological polar surface area (TPSA) is 67.8 Å². The van der Waals surface area contributed by atoms with Crippen LogP contribution in [0.2, 0.25) is 0 Å². The Morgan fingerprint density at radius 1 is 1.30 bits per heavy atom. The zero-order valence-corrected chi connectivity index (χ0v) is 15.4. The smallest absolute Gasteiger partial charge is 0.271 e. The fourth-order valence-corrected chi connectivity index (χ4v) is 4.79. The second kappa shape index (κ2) is 5.85. The first-order valence-corrected chi connectivity index (χ1v) is 9.75. The minimum atomic E-state index is -0.534. The first-order valence-electron chi connectivity index (χ1n) is 8.93. The average Bonchev–Trinajstić information content (AvgIpc) is 3.43. The molecule has 0 atom stereocenters. The molecule has 1 fully saturated rings. The SMILES string of the molecule is CCc1c(-c2ccnc(F)c2)ccc2c(=O)c3c(=O)[nH]sc3n(C3CC3)c12. The number of aryl methyl sites for hydroxylation is 1. The first kappa shape index (κ1) is 16.4. The van der Waals surface area contributed by atoms with Crippen LogP contribution in [-0.4, -0.2) is 13.9 Å². The number of H-pyrrole nitrogens is 1. The second-order valence-corrected chi connectivity index (χ2v) is 7.65. The highest BCUT2D eigenvalue weighted by molar-refractivity contribution is 7.12. The molecule has 1 aliphatic rings. The number of fused-ring (bicyclic) bond motifs is 2. The van der Waals surface area contributed by atoms with Gasteiger partial charge in [0.2, 0.25) is 11.4 Å². The van der Waals surface area contributed by atoms with Gasteiger partial charge in [-0.1, -0.05) is 13.0 Å². The Kier molecular flexibility index (Phi) is 3.55. The van der Waals surface area contributed by atoms with Crippen LogP contribution in [0.3, 0.4) is 0 Å². The maximum Gasteiger partial charge on any atom is 0.271 e. The van der Waals surface area contributed by atoms with E-state index in [-0.39, 0.29) is 22.4 Å². The lowest BCUT2D eigenvalue weighted by atomic mass is 9.95. The molecule has 0 bridgehead atoms. The van der Waals surface area contributed by atoms with Gasteiger partial charge in [-0.3, -0.25) is 14.0 Å². The summed E-state index contributed by atoms with van der Waals surface area (Å²) in [7, 11) is 0. The van der Waals surface area contributed by atoms with Crippen molar-refractivity contribution in [3.63, 3.8) is 0 Å². The summed E-state index contributed by atoms with van der Waals surface area (Å²) in [4.78, 5) is 29.6. The van der Waals surface area contributed by atoms with Gasteiger partial charge in [-0.05, 0) is 59.6 Å². The molecule has 5 nitrogen and oxygen atoms in total. The van der Waals surface area contributed by atoms with Crippen LogP contribution in [0.15, 0.2) is 40.1 Å². The number of nitrogens with one attached hydrogen (secondary N) is 1. The lowest BCUT2D eigenvalue weighted by molar-refractivity contribution is 0.584. The Bertz CT molecular complexity index is 1330. The lowest BCUT2D eigenvalue weighted by Gasteiger charge is -2.18. The molecule has 4 aromatic rings. The maximum absolute atomic E-state index is 13.7. The molecule has 136 valence electrons. The van der Waals surface area contributed by atoms with E-state index in [0.29, 0.717) is 16.6 Å².